The van der Waals surface area contributed by atoms with Crippen LogP contribution in [0.1, 0.15) is 44.1 Å². The lowest BCUT2D eigenvalue weighted by Crippen LogP contribution is -2.23. The summed E-state index contributed by atoms with van der Waals surface area (Å²) in [7, 11) is 1.49. The highest BCUT2D eigenvalue weighted by Gasteiger charge is 2.26. The van der Waals surface area contributed by atoms with Crippen molar-refractivity contribution >= 4 is 17.9 Å². The maximum absolute atomic E-state index is 12.0. The second-order valence-corrected chi connectivity index (χ2v) is 11.2. The predicted molar refractivity (Wildman–Crippen MR) is 177 cm³/mol. The van der Waals surface area contributed by atoms with Crippen molar-refractivity contribution in [3.05, 3.63) is 109 Å². The molecule has 0 aliphatic heterocycles. The molecular weight excluding hydrogens is 584 g/mol. The van der Waals surface area contributed by atoms with E-state index < -0.39 is 17.9 Å². The molecule has 1 aliphatic rings. The fraction of sp³-hybridized carbons (Fsp3) is 0.289. The summed E-state index contributed by atoms with van der Waals surface area (Å²) in [5.41, 5.74) is 5.90. The first-order valence-electron chi connectivity index (χ1n) is 15.2. The molecule has 0 bridgehead atoms. The number of hydrogen-bond acceptors (Lipinski definition) is 8. The van der Waals surface area contributed by atoms with E-state index in [1.165, 1.54) is 13.2 Å². The number of rotatable bonds is 14. The number of esters is 3. The lowest BCUT2D eigenvalue weighted by atomic mass is 9.79. The molecule has 0 N–H and O–H groups in total. The van der Waals surface area contributed by atoms with Crippen molar-refractivity contribution in [2.75, 3.05) is 26.9 Å². The molecule has 4 rings (SSSR count). The van der Waals surface area contributed by atoms with Gasteiger partial charge in [0.25, 0.3) is 0 Å². The lowest BCUT2D eigenvalue weighted by molar-refractivity contribution is -0.144. The molecule has 0 heterocycles. The van der Waals surface area contributed by atoms with Gasteiger partial charge < -0.3 is 23.7 Å². The predicted octanol–water partition coefficient (Wildman–Crippen LogP) is 7.38. The molecule has 0 atom stereocenters. The van der Waals surface area contributed by atoms with Crippen molar-refractivity contribution in [2.24, 2.45) is 0 Å². The number of carbonyl (C=O) groups excluding carboxylic acids is 3. The van der Waals surface area contributed by atoms with E-state index >= 15 is 0 Å². The molecule has 3 aromatic rings. The van der Waals surface area contributed by atoms with Crippen LogP contribution in [-0.2, 0) is 28.6 Å². The molecule has 46 heavy (non-hydrogen) atoms. The van der Waals surface area contributed by atoms with Gasteiger partial charge in [-0.05, 0) is 90.6 Å². The minimum atomic E-state index is -0.513. The molecule has 1 aliphatic carbocycles. The summed E-state index contributed by atoms with van der Waals surface area (Å²) >= 11 is 0. The van der Waals surface area contributed by atoms with Gasteiger partial charge in [0.05, 0.1) is 12.2 Å². The van der Waals surface area contributed by atoms with Gasteiger partial charge in [-0.1, -0.05) is 62.2 Å². The molecule has 3 aromatic carbocycles. The Labute approximate surface area is 270 Å². The Balaban J connectivity index is 1.50. The molecule has 0 unspecified atom stereocenters. The first kappa shape index (κ1) is 33.9. The summed E-state index contributed by atoms with van der Waals surface area (Å²) in [6.45, 7) is 12.8. The van der Waals surface area contributed by atoms with Crippen molar-refractivity contribution in [3.8, 4) is 33.8 Å². The first-order chi connectivity index (χ1) is 22.2. The average molecular weight is 625 g/mol. The van der Waals surface area contributed by atoms with E-state index in [0.29, 0.717) is 17.1 Å². The van der Waals surface area contributed by atoms with Crippen LogP contribution in [-0.4, -0.2) is 50.9 Å². The van der Waals surface area contributed by atoms with E-state index in [-0.39, 0.29) is 37.4 Å². The second kappa shape index (κ2) is 16.4. The first-order valence-corrected chi connectivity index (χ1v) is 15.2. The fourth-order valence-electron chi connectivity index (χ4n) is 5.32. The maximum atomic E-state index is 12.0. The van der Waals surface area contributed by atoms with Gasteiger partial charge >= 0.3 is 17.9 Å². The normalized spacial score (nSPS) is 15.7. The van der Waals surface area contributed by atoms with Crippen molar-refractivity contribution in [3.63, 3.8) is 0 Å². The van der Waals surface area contributed by atoms with Crippen LogP contribution in [0.25, 0.3) is 22.3 Å². The molecule has 0 amide bonds. The van der Waals surface area contributed by atoms with Gasteiger partial charge in [0, 0.05) is 18.8 Å². The number of hydrogen-bond donors (Lipinski definition) is 0. The Hall–Kier alpha value is -4.95. The topological polar surface area (TPSA) is 97.4 Å². The van der Waals surface area contributed by atoms with Gasteiger partial charge in [-0.15, -0.1) is 0 Å². The van der Waals surface area contributed by atoms with E-state index in [0.717, 1.165) is 53.5 Å². The quantitative estimate of drug-likeness (QED) is 0.0793. The average Bonchev–Trinajstić information content (AvgIpc) is 3.07. The minimum absolute atomic E-state index is 0.0806. The standard InChI is InChI=1S/C38H40O8/c1-6-36(39)45-31-17-13-30(14-18-31)35-23-33(43-21-22-44-38(41)26(4)24-42-5)19-20-34(35)29-9-7-27(8-10-29)28-11-15-32(16-12-28)46-37(40)25(2)3/h6-12,15-16,19-20,23,30-31H,1-2,4,13-14,17-18,21-22,24H2,3,5H3. The largest absolute Gasteiger partial charge is 0.490 e. The Morgan fingerprint density at radius 3 is 2.02 bits per heavy atom. The van der Waals surface area contributed by atoms with E-state index in [4.69, 9.17) is 23.7 Å². The van der Waals surface area contributed by atoms with Gasteiger partial charge in [-0.2, -0.15) is 0 Å². The van der Waals surface area contributed by atoms with E-state index in [1.54, 1.807) is 19.1 Å². The van der Waals surface area contributed by atoms with Crippen molar-refractivity contribution in [1.82, 2.24) is 0 Å². The summed E-state index contributed by atoms with van der Waals surface area (Å²) in [5, 5.41) is 0. The zero-order chi connectivity index (χ0) is 33.1. The van der Waals surface area contributed by atoms with Crippen LogP contribution in [0.2, 0.25) is 0 Å². The van der Waals surface area contributed by atoms with Crippen LogP contribution in [0.15, 0.2) is 104 Å². The minimum Gasteiger partial charge on any atom is -0.490 e. The van der Waals surface area contributed by atoms with E-state index in [1.807, 2.05) is 18.2 Å². The van der Waals surface area contributed by atoms with Crippen LogP contribution in [0.5, 0.6) is 11.5 Å². The molecule has 8 heteroatoms. The fourth-order valence-corrected chi connectivity index (χ4v) is 5.32. The third-order valence-corrected chi connectivity index (χ3v) is 7.72. The summed E-state index contributed by atoms with van der Waals surface area (Å²) < 4.78 is 26.9. The number of ether oxygens (including phenoxy) is 5. The highest BCUT2D eigenvalue weighted by atomic mass is 16.6. The number of benzene rings is 3. The van der Waals surface area contributed by atoms with Gasteiger partial charge in [0.15, 0.2) is 0 Å². The Morgan fingerprint density at radius 2 is 1.41 bits per heavy atom. The van der Waals surface area contributed by atoms with Crippen LogP contribution in [0.4, 0.5) is 0 Å². The van der Waals surface area contributed by atoms with Gasteiger partial charge in [-0.3, -0.25) is 0 Å². The Kier molecular flexibility index (Phi) is 12.1. The van der Waals surface area contributed by atoms with Crippen molar-refractivity contribution in [1.29, 1.82) is 0 Å². The summed E-state index contributed by atoms with van der Waals surface area (Å²) in [4.78, 5) is 35.6. The van der Waals surface area contributed by atoms with Gasteiger partial charge in [-0.25, -0.2) is 14.4 Å². The highest BCUT2D eigenvalue weighted by Crippen LogP contribution is 2.41. The maximum Gasteiger partial charge on any atom is 0.338 e. The van der Waals surface area contributed by atoms with E-state index in [2.05, 4.69) is 56.1 Å². The molecule has 0 saturated heterocycles. The summed E-state index contributed by atoms with van der Waals surface area (Å²) in [6.07, 6.45) is 4.30. The number of methoxy groups -OCH3 is 1. The van der Waals surface area contributed by atoms with Crippen molar-refractivity contribution < 1.29 is 38.1 Å². The molecular formula is C38H40O8. The molecule has 240 valence electrons. The third-order valence-electron chi connectivity index (χ3n) is 7.72. The molecule has 1 fully saturated rings. The monoisotopic (exact) mass is 624 g/mol. The zero-order valence-electron chi connectivity index (χ0n) is 26.4. The molecule has 0 aromatic heterocycles. The summed E-state index contributed by atoms with van der Waals surface area (Å²) in [5.74, 6) is 0.0123. The molecule has 0 radical (unpaired) electrons. The summed E-state index contributed by atoms with van der Waals surface area (Å²) in [6, 6.07) is 21.7. The van der Waals surface area contributed by atoms with Gasteiger partial charge in [0.2, 0.25) is 0 Å². The molecule has 1 saturated carbocycles. The Bertz CT molecular complexity index is 1560. The SMILES string of the molecule is C=CC(=O)OC1CCC(c2cc(OCCOC(=O)C(=C)COC)ccc2-c2ccc(-c3ccc(OC(=O)C(=C)C)cc3)cc2)CC1. The van der Waals surface area contributed by atoms with E-state index in [9.17, 15) is 14.4 Å². The Morgan fingerprint density at radius 1 is 0.804 bits per heavy atom. The highest BCUT2D eigenvalue weighted by molar-refractivity contribution is 5.89. The smallest absolute Gasteiger partial charge is 0.338 e. The third kappa shape index (κ3) is 9.28. The van der Waals surface area contributed by atoms with Crippen LogP contribution in [0, 0.1) is 0 Å². The second-order valence-electron chi connectivity index (χ2n) is 11.2. The van der Waals surface area contributed by atoms with Crippen LogP contribution in [0.3, 0.4) is 0 Å². The van der Waals surface area contributed by atoms with Crippen LogP contribution < -0.4 is 9.47 Å². The molecule has 0 spiro atoms. The molecule has 8 nitrogen and oxygen atoms in total. The van der Waals surface area contributed by atoms with Gasteiger partial charge in [0.1, 0.15) is 30.8 Å². The van der Waals surface area contributed by atoms with Crippen molar-refractivity contribution in [2.45, 2.75) is 44.6 Å². The zero-order valence-corrected chi connectivity index (χ0v) is 26.4. The lowest BCUT2D eigenvalue weighted by Gasteiger charge is -2.30. The number of carbonyl (C=O) groups is 3. The van der Waals surface area contributed by atoms with Crippen LogP contribution >= 0.6 is 0 Å².